The summed E-state index contributed by atoms with van der Waals surface area (Å²) in [5.74, 6) is 1.47. The lowest BCUT2D eigenvalue weighted by Gasteiger charge is -2.10. The fourth-order valence-corrected chi connectivity index (χ4v) is 2.50. The fourth-order valence-electron chi connectivity index (χ4n) is 2.50. The van der Waals surface area contributed by atoms with E-state index in [2.05, 4.69) is 36.1 Å². The van der Waals surface area contributed by atoms with Crippen LogP contribution in [0.1, 0.15) is 42.3 Å². The molecule has 0 saturated carbocycles. The number of hydrogen-bond donors (Lipinski definition) is 1. The predicted molar refractivity (Wildman–Crippen MR) is 85.4 cm³/mol. The minimum absolute atomic E-state index is 0.695. The van der Waals surface area contributed by atoms with E-state index < -0.39 is 0 Å². The quantitative estimate of drug-likeness (QED) is 0.791. The van der Waals surface area contributed by atoms with Crippen molar-refractivity contribution in [2.75, 3.05) is 13.1 Å². The molecule has 0 aromatic carbocycles. The summed E-state index contributed by atoms with van der Waals surface area (Å²) in [6.07, 6.45) is 5.00. The summed E-state index contributed by atoms with van der Waals surface area (Å²) in [5, 5.41) is 3.43. The van der Waals surface area contributed by atoms with Crippen LogP contribution in [0.5, 0.6) is 0 Å². The van der Waals surface area contributed by atoms with Crippen LogP contribution in [0.4, 0.5) is 0 Å². The molecule has 0 amide bonds. The van der Waals surface area contributed by atoms with E-state index in [1.54, 1.807) is 6.26 Å². The number of aromatic nitrogens is 2. The minimum Gasteiger partial charge on any atom is -0.461 e. The van der Waals surface area contributed by atoms with Gasteiger partial charge in [0, 0.05) is 11.4 Å². The third-order valence-electron chi connectivity index (χ3n) is 3.69. The molecule has 0 bridgehead atoms. The summed E-state index contributed by atoms with van der Waals surface area (Å²) in [4.78, 5) is 9.25. The molecule has 0 fully saturated rings. The van der Waals surface area contributed by atoms with Crippen LogP contribution in [0, 0.1) is 20.8 Å². The molecule has 2 aromatic heterocycles. The number of nitrogens with one attached hydrogen (secondary N) is 1. The molecule has 0 unspecified atom stereocenters. The predicted octanol–water partition coefficient (Wildman–Crippen LogP) is 3.59. The molecule has 2 heterocycles. The van der Waals surface area contributed by atoms with Gasteiger partial charge in [-0.25, -0.2) is 9.97 Å². The first-order valence-electron chi connectivity index (χ1n) is 7.72. The Hall–Kier alpha value is -1.68. The van der Waals surface area contributed by atoms with E-state index in [4.69, 9.17) is 4.42 Å². The van der Waals surface area contributed by atoms with Gasteiger partial charge in [-0.1, -0.05) is 6.92 Å². The summed E-state index contributed by atoms with van der Waals surface area (Å²) in [6.45, 7) is 10.5. The van der Waals surface area contributed by atoms with Gasteiger partial charge < -0.3 is 9.73 Å². The van der Waals surface area contributed by atoms with Gasteiger partial charge in [-0.3, -0.25) is 0 Å². The van der Waals surface area contributed by atoms with Crippen LogP contribution >= 0.6 is 0 Å². The Morgan fingerprint density at radius 1 is 1.10 bits per heavy atom. The highest BCUT2D eigenvalue weighted by atomic mass is 16.3. The highest BCUT2D eigenvalue weighted by molar-refractivity contribution is 5.53. The van der Waals surface area contributed by atoms with Gasteiger partial charge in [0.05, 0.1) is 6.26 Å². The molecule has 0 atom stereocenters. The number of hydrogen-bond acceptors (Lipinski definition) is 4. The zero-order chi connectivity index (χ0) is 15.2. The largest absolute Gasteiger partial charge is 0.461 e. The van der Waals surface area contributed by atoms with Gasteiger partial charge in [0.15, 0.2) is 11.6 Å². The first-order chi connectivity index (χ1) is 10.1. The number of rotatable bonds is 7. The van der Waals surface area contributed by atoms with Crippen molar-refractivity contribution in [1.82, 2.24) is 15.3 Å². The van der Waals surface area contributed by atoms with Crippen molar-refractivity contribution >= 4 is 0 Å². The molecule has 0 spiro atoms. The van der Waals surface area contributed by atoms with E-state index in [0.29, 0.717) is 5.82 Å². The maximum Gasteiger partial charge on any atom is 0.196 e. The monoisotopic (exact) mass is 287 g/mol. The highest BCUT2D eigenvalue weighted by Gasteiger charge is 2.13. The third-order valence-corrected chi connectivity index (χ3v) is 3.69. The van der Waals surface area contributed by atoms with Gasteiger partial charge >= 0.3 is 0 Å². The molecule has 1 N–H and O–H groups in total. The lowest BCUT2D eigenvalue weighted by molar-refractivity contribution is 0.574. The van der Waals surface area contributed by atoms with Gasteiger partial charge in [0.25, 0.3) is 0 Å². The topological polar surface area (TPSA) is 51.0 Å². The van der Waals surface area contributed by atoms with Gasteiger partial charge in [-0.05, 0) is 70.3 Å². The lowest BCUT2D eigenvalue weighted by Crippen LogP contribution is -2.17. The van der Waals surface area contributed by atoms with E-state index in [0.717, 1.165) is 48.6 Å². The van der Waals surface area contributed by atoms with E-state index in [1.807, 2.05) is 13.0 Å². The van der Waals surface area contributed by atoms with Gasteiger partial charge in [0.2, 0.25) is 0 Å². The molecule has 21 heavy (non-hydrogen) atoms. The summed E-state index contributed by atoms with van der Waals surface area (Å²) < 4.78 is 5.49. The standard InChI is InChI=1S/C17H25N3O/c1-5-9-18-10-6-7-15-13(3)19-17(20-14(15)4)16-12(2)8-11-21-16/h8,11,18H,5-7,9-10H2,1-4H3. The lowest BCUT2D eigenvalue weighted by atomic mass is 10.1. The van der Waals surface area contributed by atoms with Crippen molar-refractivity contribution in [2.24, 2.45) is 0 Å². The Morgan fingerprint density at radius 3 is 2.38 bits per heavy atom. The van der Waals surface area contributed by atoms with Crippen molar-refractivity contribution in [1.29, 1.82) is 0 Å². The van der Waals surface area contributed by atoms with Crippen molar-refractivity contribution in [3.63, 3.8) is 0 Å². The van der Waals surface area contributed by atoms with Crippen molar-refractivity contribution in [3.05, 3.63) is 34.8 Å². The van der Waals surface area contributed by atoms with Crippen molar-refractivity contribution in [3.8, 4) is 11.6 Å². The smallest absolute Gasteiger partial charge is 0.196 e. The van der Waals surface area contributed by atoms with Gasteiger partial charge in [-0.2, -0.15) is 0 Å². The normalized spacial score (nSPS) is 11.0. The van der Waals surface area contributed by atoms with Gasteiger partial charge in [-0.15, -0.1) is 0 Å². The molecule has 0 aliphatic heterocycles. The molecule has 0 radical (unpaired) electrons. The van der Waals surface area contributed by atoms with Crippen LogP contribution < -0.4 is 5.32 Å². The van der Waals surface area contributed by atoms with E-state index in [1.165, 1.54) is 12.0 Å². The second-order valence-electron chi connectivity index (χ2n) is 5.48. The van der Waals surface area contributed by atoms with E-state index in [9.17, 15) is 0 Å². The SMILES string of the molecule is CCCNCCCc1c(C)nc(-c2occc2C)nc1C. The Morgan fingerprint density at radius 2 is 1.81 bits per heavy atom. The van der Waals surface area contributed by atoms with Crippen molar-refractivity contribution in [2.45, 2.75) is 47.0 Å². The first kappa shape index (κ1) is 15.7. The average Bonchev–Trinajstić information content (AvgIpc) is 2.87. The number of nitrogens with zero attached hydrogens (tertiary/aromatic N) is 2. The van der Waals surface area contributed by atoms with Gasteiger partial charge in [0.1, 0.15) is 0 Å². The number of furan rings is 1. The average molecular weight is 287 g/mol. The van der Waals surface area contributed by atoms with Crippen molar-refractivity contribution < 1.29 is 4.42 Å². The summed E-state index contributed by atoms with van der Waals surface area (Å²) in [5.41, 5.74) is 4.46. The number of aryl methyl sites for hydroxylation is 3. The fraction of sp³-hybridized carbons (Fsp3) is 0.529. The van der Waals surface area contributed by atoms with Crippen LogP contribution in [0.3, 0.4) is 0 Å². The maximum absolute atomic E-state index is 5.49. The zero-order valence-electron chi connectivity index (χ0n) is 13.5. The van der Waals surface area contributed by atoms with Crippen LogP contribution in [-0.2, 0) is 6.42 Å². The van der Waals surface area contributed by atoms with Crippen LogP contribution in [0.15, 0.2) is 16.7 Å². The molecule has 0 saturated heterocycles. The molecule has 114 valence electrons. The molecular formula is C17H25N3O. The minimum atomic E-state index is 0.695. The Labute approximate surface area is 127 Å². The molecule has 2 rings (SSSR count). The molecular weight excluding hydrogens is 262 g/mol. The van der Waals surface area contributed by atoms with Crippen LogP contribution in [0.25, 0.3) is 11.6 Å². The van der Waals surface area contributed by atoms with Crippen LogP contribution in [0.2, 0.25) is 0 Å². The van der Waals surface area contributed by atoms with E-state index in [-0.39, 0.29) is 0 Å². The zero-order valence-corrected chi connectivity index (χ0v) is 13.5. The first-order valence-corrected chi connectivity index (χ1v) is 7.72. The Balaban J connectivity index is 2.09. The molecule has 2 aromatic rings. The Bertz CT molecular complexity index is 566. The molecule has 4 nitrogen and oxygen atoms in total. The second-order valence-corrected chi connectivity index (χ2v) is 5.48. The second kappa shape index (κ2) is 7.36. The molecule has 0 aliphatic carbocycles. The maximum atomic E-state index is 5.49. The molecule has 4 heteroatoms. The van der Waals surface area contributed by atoms with Crippen LogP contribution in [-0.4, -0.2) is 23.1 Å². The summed E-state index contributed by atoms with van der Waals surface area (Å²) in [7, 11) is 0. The highest BCUT2D eigenvalue weighted by Crippen LogP contribution is 2.23. The summed E-state index contributed by atoms with van der Waals surface area (Å²) >= 11 is 0. The molecule has 0 aliphatic rings. The third kappa shape index (κ3) is 3.91. The summed E-state index contributed by atoms with van der Waals surface area (Å²) in [6, 6.07) is 1.94. The van der Waals surface area contributed by atoms with E-state index >= 15 is 0 Å². The Kier molecular flexibility index (Phi) is 5.51.